The molecule has 0 N–H and O–H groups in total. The van der Waals surface area contributed by atoms with Gasteiger partial charge in [-0.25, -0.2) is 0 Å². The van der Waals surface area contributed by atoms with E-state index in [2.05, 4.69) is 16.0 Å². The van der Waals surface area contributed by atoms with Gasteiger partial charge in [-0.15, -0.1) is 11.6 Å². The van der Waals surface area contributed by atoms with Crippen LogP contribution < -0.4 is 0 Å². The molecule has 0 amide bonds. The van der Waals surface area contributed by atoms with E-state index in [0.717, 1.165) is 12.0 Å². The summed E-state index contributed by atoms with van der Waals surface area (Å²) in [7, 11) is 1.52. The summed E-state index contributed by atoms with van der Waals surface area (Å²) in [5.41, 5.74) is 1.16. The molecule has 4 nitrogen and oxygen atoms in total. The first-order valence-electron chi connectivity index (χ1n) is 5.79. The van der Waals surface area contributed by atoms with Crippen LogP contribution in [0, 0.1) is 13.0 Å². The monoisotopic (exact) mass is 334 g/mol. The maximum absolute atomic E-state index is 12.1. The minimum absolute atomic E-state index is 0. The summed E-state index contributed by atoms with van der Waals surface area (Å²) in [6.07, 6.45) is 4.32. The van der Waals surface area contributed by atoms with Crippen molar-refractivity contribution in [2.24, 2.45) is 4.99 Å². The molecule has 0 aromatic carbocycles. The van der Waals surface area contributed by atoms with Gasteiger partial charge in [-0.3, -0.25) is 9.79 Å². The first-order chi connectivity index (χ1) is 8.58. The molecule has 0 aliphatic heterocycles. The Labute approximate surface area is 139 Å². The quantitative estimate of drug-likeness (QED) is 0.280. The molecule has 0 aliphatic rings. The Bertz CT molecular complexity index is 479. The topological polar surface area (TPSA) is 51.5 Å². The maximum Gasteiger partial charge on any atom is 0.251 e. The van der Waals surface area contributed by atoms with Crippen molar-refractivity contribution in [3.63, 3.8) is 0 Å². The Balaban J connectivity index is 0.00000324. The minimum atomic E-state index is -0.336. The zero-order valence-electron chi connectivity index (χ0n) is 11.7. The number of pyridine rings is 1. The number of rotatable bonds is 4. The van der Waals surface area contributed by atoms with E-state index in [4.69, 9.17) is 4.74 Å². The van der Waals surface area contributed by atoms with Gasteiger partial charge in [0, 0.05) is 45.5 Å². The molecule has 0 unspecified atom stereocenters. The van der Waals surface area contributed by atoms with Gasteiger partial charge in [0.15, 0.2) is 0 Å². The number of ketones is 1. The van der Waals surface area contributed by atoms with Gasteiger partial charge in [-0.05, 0) is 19.4 Å². The minimum Gasteiger partial charge on any atom is -0.442 e. The van der Waals surface area contributed by atoms with E-state index in [-0.39, 0.29) is 50.1 Å². The normalized spacial score (nSPS) is 11.8. The van der Waals surface area contributed by atoms with Crippen molar-refractivity contribution in [1.82, 2.24) is 4.98 Å². The summed E-state index contributed by atoms with van der Waals surface area (Å²) < 4.78 is 5.39. The number of nitrogens with zero attached hydrogens (tertiary/aromatic N) is 2. The number of carbonyl (C=O) groups excluding carboxylic acids is 1. The number of aliphatic imine (C=N–C) groups is 1. The van der Waals surface area contributed by atoms with Crippen LogP contribution in [0.2, 0.25) is 0 Å². The van der Waals surface area contributed by atoms with Crippen LogP contribution in [0.3, 0.4) is 0 Å². The number of Topliss-reactive ketones (excluding diaryl/α,β-unsaturated/α-hetero) is 1. The molecule has 1 aromatic rings. The second kappa shape index (κ2) is 9.10. The third-order valence-electron chi connectivity index (χ3n) is 2.21. The fraction of sp³-hybridized carbons (Fsp3) is 0.357. The predicted octanol–water partition coefficient (Wildman–Crippen LogP) is 2.73. The molecular weight excluding hydrogens is 317 g/mol. The Kier molecular flexibility index (Phi) is 8.69. The Morgan fingerprint density at radius 3 is 2.74 bits per heavy atom. The summed E-state index contributed by atoms with van der Waals surface area (Å²) in [4.78, 5) is 20.0. The summed E-state index contributed by atoms with van der Waals surface area (Å²) in [5.74, 6) is 0.363. The number of aryl methyl sites for hydroxylation is 1. The fourth-order valence-corrected chi connectivity index (χ4v) is 1.33. The summed E-state index contributed by atoms with van der Waals surface area (Å²) >= 11 is 0. The van der Waals surface area contributed by atoms with Crippen LogP contribution in [0.4, 0.5) is 0 Å². The summed E-state index contributed by atoms with van der Waals surface area (Å²) in [6, 6.07) is 4.48. The van der Waals surface area contributed by atoms with E-state index in [1.165, 1.54) is 7.05 Å². The molecule has 0 spiro atoms. The molecule has 1 radical (unpaired) electrons. The molecule has 1 aromatic heterocycles. The number of aromatic nitrogens is 1. The molecule has 1 rings (SSSR count). The van der Waals surface area contributed by atoms with Crippen LogP contribution in [0.5, 0.6) is 0 Å². The van der Waals surface area contributed by atoms with Crippen molar-refractivity contribution in [3.05, 3.63) is 41.4 Å². The van der Waals surface area contributed by atoms with Crippen molar-refractivity contribution >= 4 is 11.7 Å². The smallest absolute Gasteiger partial charge is 0.251 e. The van der Waals surface area contributed by atoms with Crippen molar-refractivity contribution in [3.8, 4) is 0 Å². The zero-order valence-corrected chi connectivity index (χ0v) is 14.6. The SMILES string of the molecule is CC/C=C(\C)OC(=NC)C(=O)c1c[c-]c(C)cn1.[Y]. The van der Waals surface area contributed by atoms with Gasteiger partial charge >= 0.3 is 0 Å². The molecule has 0 fully saturated rings. The first kappa shape index (κ1) is 18.1. The number of hydrogen-bond acceptors (Lipinski definition) is 4. The summed E-state index contributed by atoms with van der Waals surface area (Å²) in [5, 5.41) is 0. The van der Waals surface area contributed by atoms with Crippen molar-refractivity contribution < 1.29 is 42.2 Å². The molecule has 19 heavy (non-hydrogen) atoms. The van der Waals surface area contributed by atoms with Gasteiger partial charge in [0.2, 0.25) is 5.78 Å². The number of hydrogen-bond donors (Lipinski definition) is 0. The summed E-state index contributed by atoms with van der Waals surface area (Å²) in [6.45, 7) is 5.64. The van der Waals surface area contributed by atoms with Gasteiger partial charge in [-0.2, -0.15) is 6.07 Å². The van der Waals surface area contributed by atoms with Crippen LogP contribution in [0.1, 0.15) is 36.3 Å². The molecule has 0 atom stereocenters. The number of ether oxygens (including phenoxy) is 1. The van der Waals surface area contributed by atoms with E-state index in [1.807, 2.05) is 19.9 Å². The molecule has 0 bridgehead atoms. The Hall–Kier alpha value is -0.866. The zero-order chi connectivity index (χ0) is 13.5. The van der Waals surface area contributed by atoms with Gasteiger partial charge < -0.3 is 9.72 Å². The number of carbonyl (C=O) groups is 1. The fourth-order valence-electron chi connectivity index (χ4n) is 1.33. The second-order valence-electron chi connectivity index (χ2n) is 3.80. The molecule has 99 valence electrons. The third-order valence-corrected chi connectivity index (χ3v) is 2.21. The van der Waals surface area contributed by atoms with Crippen LogP contribution >= 0.6 is 0 Å². The van der Waals surface area contributed by atoms with Gasteiger partial charge in [0.25, 0.3) is 5.90 Å². The molecule has 0 aliphatic carbocycles. The Morgan fingerprint density at radius 2 is 2.26 bits per heavy atom. The van der Waals surface area contributed by atoms with E-state index >= 15 is 0 Å². The molecule has 0 saturated heterocycles. The van der Waals surface area contributed by atoms with Crippen molar-refractivity contribution in [2.75, 3.05) is 7.05 Å². The third kappa shape index (κ3) is 5.75. The van der Waals surface area contributed by atoms with E-state index in [0.29, 0.717) is 5.76 Å². The van der Waals surface area contributed by atoms with Crippen LogP contribution in [-0.2, 0) is 37.4 Å². The Morgan fingerprint density at radius 1 is 1.58 bits per heavy atom. The van der Waals surface area contributed by atoms with Crippen LogP contribution in [0.25, 0.3) is 0 Å². The van der Waals surface area contributed by atoms with E-state index < -0.39 is 0 Å². The second-order valence-corrected chi connectivity index (χ2v) is 3.80. The average Bonchev–Trinajstić information content (AvgIpc) is 2.36. The van der Waals surface area contributed by atoms with Gasteiger partial charge in [-0.1, -0.05) is 20.0 Å². The van der Waals surface area contributed by atoms with Gasteiger partial charge in [0.1, 0.15) is 0 Å². The average molecular weight is 334 g/mol. The van der Waals surface area contributed by atoms with Crippen molar-refractivity contribution in [2.45, 2.75) is 27.2 Å². The van der Waals surface area contributed by atoms with Crippen LogP contribution in [-0.4, -0.2) is 23.7 Å². The largest absolute Gasteiger partial charge is 0.442 e. The van der Waals surface area contributed by atoms with Gasteiger partial charge in [0.05, 0.1) is 5.76 Å². The molecule has 0 saturated carbocycles. The molecule has 1 heterocycles. The molecular formula is C14H17N2O2Y-. The van der Waals surface area contributed by atoms with Crippen molar-refractivity contribution in [1.29, 1.82) is 0 Å². The standard InChI is InChI=1S/C14H17N2O2.Y/c1-5-6-11(3)18-14(15-4)13(17)12-8-7-10(2)9-16-12;/h6,8-9H,5H2,1-4H3;/q-1;/b11-6+,15-14?;. The van der Waals surface area contributed by atoms with E-state index in [1.54, 1.807) is 19.2 Å². The first-order valence-corrected chi connectivity index (χ1v) is 5.79. The molecule has 5 heteroatoms. The van der Waals surface area contributed by atoms with Crippen LogP contribution in [0.15, 0.2) is 29.1 Å². The predicted molar refractivity (Wildman–Crippen MR) is 70.6 cm³/mol. The van der Waals surface area contributed by atoms with E-state index in [9.17, 15) is 4.79 Å². The number of allylic oxidation sites excluding steroid dienone is 2. The maximum atomic E-state index is 12.1.